The fraction of sp³-hybridized carbons (Fsp3) is 0.267. The van der Waals surface area contributed by atoms with Crippen molar-refractivity contribution < 1.29 is 26.6 Å². The Kier molecular flexibility index (Phi) is 5.26. The molecular formula is C15H16ClN3O2S. The number of imidazole rings is 1. The number of imide groups is 1. The molecule has 0 saturated carbocycles. The van der Waals surface area contributed by atoms with E-state index in [9.17, 15) is 9.59 Å². The molecule has 2 amide bonds. The summed E-state index contributed by atoms with van der Waals surface area (Å²) in [6.07, 6.45) is 5.98. The molecule has 1 aliphatic heterocycles. The monoisotopic (exact) mass is 337 g/mol. The quantitative estimate of drug-likeness (QED) is 0.652. The van der Waals surface area contributed by atoms with E-state index >= 15 is 0 Å². The van der Waals surface area contributed by atoms with Crippen molar-refractivity contribution in [1.82, 2.24) is 9.47 Å². The van der Waals surface area contributed by atoms with Crippen molar-refractivity contribution in [3.63, 3.8) is 0 Å². The van der Waals surface area contributed by atoms with E-state index in [0.29, 0.717) is 17.9 Å². The van der Waals surface area contributed by atoms with Gasteiger partial charge in [-0.2, -0.15) is 0 Å². The number of rotatable bonds is 3. The van der Waals surface area contributed by atoms with Gasteiger partial charge in [0.15, 0.2) is 0 Å². The molecule has 2 heterocycles. The second-order valence-corrected chi connectivity index (χ2v) is 6.07. The number of amides is 2. The predicted octanol–water partition coefficient (Wildman–Crippen LogP) is -1.33. The Balaban J connectivity index is 0.00000176. The normalized spacial score (nSPS) is 14.0. The van der Waals surface area contributed by atoms with Crippen molar-refractivity contribution in [2.45, 2.75) is 6.54 Å². The fourth-order valence-electron chi connectivity index (χ4n) is 2.29. The second kappa shape index (κ2) is 6.98. The minimum atomic E-state index is -0.205. The van der Waals surface area contributed by atoms with Gasteiger partial charge in [-0.15, -0.1) is 0 Å². The number of hydrogen-bond donors (Lipinski definition) is 0. The molecule has 1 saturated heterocycles. The molecule has 0 N–H and O–H groups in total. The van der Waals surface area contributed by atoms with Gasteiger partial charge in [0, 0.05) is 17.9 Å². The minimum absolute atomic E-state index is 0. The highest BCUT2D eigenvalue weighted by Gasteiger charge is 2.27. The molecule has 22 heavy (non-hydrogen) atoms. The summed E-state index contributed by atoms with van der Waals surface area (Å²) in [7, 11) is 1.98. The average Bonchev–Trinajstić information content (AvgIpc) is 3.08. The lowest BCUT2D eigenvalue weighted by atomic mass is 10.1. The molecule has 0 bridgehead atoms. The van der Waals surface area contributed by atoms with Crippen LogP contribution in [0.4, 0.5) is 4.79 Å². The van der Waals surface area contributed by atoms with Crippen molar-refractivity contribution in [3.8, 4) is 0 Å². The van der Waals surface area contributed by atoms with Crippen molar-refractivity contribution in [2.24, 2.45) is 7.05 Å². The molecule has 1 aromatic carbocycles. The van der Waals surface area contributed by atoms with Crippen LogP contribution in [0.1, 0.15) is 15.9 Å². The van der Waals surface area contributed by atoms with Crippen LogP contribution in [0, 0.1) is 0 Å². The Bertz CT molecular complexity index is 684. The predicted molar refractivity (Wildman–Crippen MR) is 80.0 cm³/mol. The zero-order chi connectivity index (χ0) is 14.8. The number of carbonyl (C=O) groups excluding carboxylic acids is 2. The maximum atomic E-state index is 12.2. The highest BCUT2D eigenvalue weighted by Crippen LogP contribution is 2.20. The van der Waals surface area contributed by atoms with Crippen LogP contribution in [-0.2, 0) is 13.6 Å². The molecule has 3 rings (SSSR count). The number of benzene rings is 1. The summed E-state index contributed by atoms with van der Waals surface area (Å²) in [4.78, 5) is 25.1. The molecule has 1 aromatic heterocycles. The fourth-order valence-corrected chi connectivity index (χ4v) is 3.07. The molecule has 1 fully saturated rings. The molecule has 0 spiro atoms. The van der Waals surface area contributed by atoms with Gasteiger partial charge in [-0.25, -0.2) is 9.13 Å². The Labute approximate surface area is 139 Å². The van der Waals surface area contributed by atoms with Crippen molar-refractivity contribution in [3.05, 3.63) is 54.1 Å². The van der Waals surface area contributed by atoms with Gasteiger partial charge in [-0.3, -0.25) is 14.5 Å². The van der Waals surface area contributed by atoms with E-state index in [1.54, 1.807) is 12.1 Å². The summed E-state index contributed by atoms with van der Waals surface area (Å²) in [6.45, 7) is 1.26. The zero-order valence-electron chi connectivity index (χ0n) is 12.1. The van der Waals surface area contributed by atoms with E-state index in [1.165, 1.54) is 16.7 Å². The van der Waals surface area contributed by atoms with Crippen molar-refractivity contribution >= 4 is 22.9 Å². The van der Waals surface area contributed by atoms with Gasteiger partial charge in [0.2, 0.25) is 6.33 Å². The summed E-state index contributed by atoms with van der Waals surface area (Å²) in [5, 5.41) is -0.149. The van der Waals surface area contributed by atoms with Crippen LogP contribution >= 0.6 is 11.8 Å². The van der Waals surface area contributed by atoms with Crippen molar-refractivity contribution in [2.75, 3.05) is 12.3 Å². The third kappa shape index (κ3) is 3.51. The molecule has 0 atom stereocenters. The van der Waals surface area contributed by atoms with Crippen LogP contribution in [0.15, 0.2) is 43.0 Å². The molecule has 0 unspecified atom stereocenters. The van der Waals surface area contributed by atoms with Gasteiger partial charge in [0.1, 0.15) is 18.9 Å². The summed E-state index contributed by atoms with van der Waals surface area (Å²) in [5.74, 6) is 0.483. The van der Waals surface area contributed by atoms with Gasteiger partial charge < -0.3 is 12.4 Å². The lowest BCUT2D eigenvalue weighted by Gasteiger charge is -2.12. The Morgan fingerprint density at radius 3 is 2.59 bits per heavy atom. The van der Waals surface area contributed by atoms with Crippen LogP contribution in [0.3, 0.4) is 0 Å². The second-order valence-electron chi connectivity index (χ2n) is 5.02. The SMILES string of the molecule is C[n+]1ccn(Cc2ccc(C(=O)N3CCSC3=O)cc2)c1.[Cl-]. The summed E-state index contributed by atoms with van der Waals surface area (Å²) < 4.78 is 4.05. The molecule has 0 aliphatic carbocycles. The lowest BCUT2D eigenvalue weighted by Crippen LogP contribution is -3.00. The Hall–Kier alpha value is -1.79. The lowest BCUT2D eigenvalue weighted by molar-refractivity contribution is -0.671. The maximum absolute atomic E-state index is 12.2. The minimum Gasteiger partial charge on any atom is -1.00 e. The van der Waals surface area contributed by atoms with Crippen molar-refractivity contribution in [1.29, 1.82) is 0 Å². The van der Waals surface area contributed by atoms with E-state index in [2.05, 4.69) is 4.57 Å². The van der Waals surface area contributed by atoms with Crippen LogP contribution in [0.2, 0.25) is 0 Å². The van der Waals surface area contributed by atoms with Crippen LogP contribution in [-0.4, -0.2) is 32.9 Å². The highest BCUT2D eigenvalue weighted by molar-refractivity contribution is 8.13. The standard InChI is InChI=1S/C15H16N3O2S.ClH/c1-16-6-7-17(11-16)10-12-2-4-13(5-3-12)14(19)18-8-9-21-15(18)20;/h2-7,11H,8-10H2,1H3;1H/q+1;/p-1. The number of nitrogens with zero attached hydrogens (tertiary/aromatic N) is 3. The number of thioether (sulfide) groups is 1. The maximum Gasteiger partial charge on any atom is 0.288 e. The highest BCUT2D eigenvalue weighted by atomic mass is 35.5. The van der Waals surface area contributed by atoms with Gasteiger partial charge >= 0.3 is 0 Å². The number of aromatic nitrogens is 2. The molecule has 5 nitrogen and oxygen atoms in total. The van der Waals surface area contributed by atoms with Gasteiger partial charge in [0.05, 0.1) is 7.05 Å². The number of carbonyl (C=O) groups is 2. The van der Waals surface area contributed by atoms with Crippen LogP contribution in [0.25, 0.3) is 0 Å². The molecule has 7 heteroatoms. The van der Waals surface area contributed by atoms with Gasteiger partial charge in [-0.1, -0.05) is 23.9 Å². The number of halogens is 1. The van der Waals surface area contributed by atoms with Crippen LogP contribution in [0.5, 0.6) is 0 Å². The topological polar surface area (TPSA) is 46.2 Å². The third-order valence-corrected chi connectivity index (χ3v) is 4.25. The number of hydrogen-bond acceptors (Lipinski definition) is 3. The molecule has 2 aromatic rings. The van der Waals surface area contributed by atoms with Gasteiger partial charge in [-0.05, 0) is 17.7 Å². The van der Waals surface area contributed by atoms with E-state index in [1.807, 2.05) is 42.5 Å². The first-order valence-electron chi connectivity index (χ1n) is 6.72. The summed E-state index contributed by atoms with van der Waals surface area (Å²) in [5.41, 5.74) is 1.68. The molecule has 1 aliphatic rings. The summed E-state index contributed by atoms with van der Waals surface area (Å²) >= 11 is 1.20. The first-order valence-corrected chi connectivity index (χ1v) is 7.70. The van der Waals surface area contributed by atoms with Crippen LogP contribution < -0.4 is 17.0 Å². The Morgan fingerprint density at radius 2 is 2.05 bits per heavy atom. The Morgan fingerprint density at radius 1 is 1.32 bits per heavy atom. The largest absolute Gasteiger partial charge is 1.00 e. The molecule has 116 valence electrons. The zero-order valence-corrected chi connectivity index (χ0v) is 13.7. The average molecular weight is 338 g/mol. The van der Waals surface area contributed by atoms with E-state index < -0.39 is 0 Å². The molecule has 0 radical (unpaired) electrons. The smallest absolute Gasteiger partial charge is 0.288 e. The van der Waals surface area contributed by atoms with Gasteiger partial charge in [0.25, 0.3) is 11.1 Å². The summed E-state index contributed by atoms with van der Waals surface area (Å²) in [6, 6.07) is 7.44. The van der Waals surface area contributed by atoms with E-state index in [-0.39, 0.29) is 23.6 Å². The van der Waals surface area contributed by atoms with E-state index in [4.69, 9.17) is 0 Å². The molecular weight excluding hydrogens is 322 g/mol. The number of aryl methyl sites for hydroxylation is 1. The third-order valence-electron chi connectivity index (χ3n) is 3.40. The van der Waals surface area contributed by atoms with E-state index in [0.717, 1.165) is 12.1 Å². The first-order chi connectivity index (χ1) is 10.1. The first kappa shape index (κ1) is 16.6.